The maximum absolute atomic E-state index is 8.78. The minimum Gasteiger partial charge on any atom is -0.490 e. The van der Waals surface area contributed by atoms with Gasteiger partial charge in [-0.1, -0.05) is 12.1 Å². The lowest BCUT2D eigenvalue weighted by Crippen LogP contribution is -2.14. The van der Waals surface area contributed by atoms with Gasteiger partial charge < -0.3 is 9.84 Å². The van der Waals surface area contributed by atoms with Gasteiger partial charge >= 0.3 is 0 Å². The van der Waals surface area contributed by atoms with Gasteiger partial charge in [0.15, 0.2) is 0 Å². The molecule has 70 valence electrons. The predicted octanol–water partition coefficient (Wildman–Crippen LogP) is 1.68. The Balaban J connectivity index is 2.16. The summed E-state index contributed by atoms with van der Waals surface area (Å²) in [6.07, 6.45) is 1.85. The van der Waals surface area contributed by atoms with E-state index in [0.717, 1.165) is 18.6 Å². The first kappa shape index (κ1) is 8.57. The molecule has 0 spiro atoms. The van der Waals surface area contributed by atoms with Crippen molar-refractivity contribution < 1.29 is 9.84 Å². The molecule has 2 rings (SSSR count). The summed E-state index contributed by atoms with van der Waals surface area (Å²) in [4.78, 5) is 0. The lowest BCUT2D eigenvalue weighted by atomic mass is 10.1. The molecule has 1 aromatic carbocycles. The number of rotatable bonds is 2. The number of aliphatic hydroxyl groups is 1. The summed E-state index contributed by atoms with van der Waals surface area (Å²) in [7, 11) is 0. The van der Waals surface area contributed by atoms with E-state index in [9.17, 15) is 0 Å². The second kappa shape index (κ2) is 3.38. The molecule has 13 heavy (non-hydrogen) atoms. The fourth-order valence-electron chi connectivity index (χ4n) is 1.71. The van der Waals surface area contributed by atoms with Crippen LogP contribution in [-0.2, 0) is 6.42 Å². The van der Waals surface area contributed by atoms with Crippen LogP contribution in [0.4, 0.5) is 0 Å². The van der Waals surface area contributed by atoms with Gasteiger partial charge in [-0.3, -0.25) is 0 Å². The standard InChI is InChI=1S/C11H14O2/c1-8-2-3-9-7-10(4-5-12)13-11(9)6-8/h2-3,6,10,12H,4-5,7H2,1H3. The largest absolute Gasteiger partial charge is 0.490 e. The topological polar surface area (TPSA) is 29.5 Å². The zero-order chi connectivity index (χ0) is 9.26. The molecule has 2 nitrogen and oxygen atoms in total. The van der Waals surface area contributed by atoms with Gasteiger partial charge in [0.25, 0.3) is 0 Å². The van der Waals surface area contributed by atoms with Gasteiger partial charge in [0, 0.05) is 19.4 Å². The Kier molecular flexibility index (Phi) is 2.23. The highest BCUT2D eigenvalue weighted by Crippen LogP contribution is 2.30. The van der Waals surface area contributed by atoms with E-state index in [4.69, 9.17) is 9.84 Å². The van der Waals surface area contributed by atoms with Gasteiger partial charge in [-0.15, -0.1) is 0 Å². The van der Waals surface area contributed by atoms with Crippen LogP contribution in [0.3, 0.4) is 0 Å². The molecule has 1 N–H and O–H groups in total. The van der Waals surface area contributed by atoms with Gasteiger partial charge in [0.1, 0.15) is 11.9 Å². The van der Waals surface area contributed by atoms with Gasteiger partial charge in [0.05, 0.1) is 0 Å². The second-order valence-corrected chi connectivity index (χ2v) is 3.57. The van der Waals surface area contributed by atoms with Crippen molar-refractivity contribution in [1.82, 2.24) is 0 Å². The van der Waals surface area contributed by atoms with Crippen molar-refractivity contribution in [1.29, 1.82) is 0 Å². The van der Waals surface area contributed by atoms with Crippen molar-refractivity contribution in [2.24, 2.45) is 0 Å². The van der Waals surface area contributed by atoms with Crippen molar-refractivity contribution in [2.45, 2.75) is 25.9 Å². The molecule has 1 aliphatic rings. The summed E-state index contributed by atoms with van der Waals surface area (Å²) in [6.45, 7) is 2.26. The first-order chi connectivity index (χ1) is 6.29. The highest BCUT2D eigenvalue weighted by Gasteiger charge is 2.21. The monoisotopic (exact) mass is 178 g/mol. The van der Waals surface area contributed by atoms with Crippen LogP contribution in [0.5, 0.6) is 5.75 Å². The number of hydrogen-bond acceptors (Lipinski definition) is 2. The molecule has 1 atom stereocenters. The molecular formula is C11H14O2. The van der Waals surface area contributed by atoms with E-state index >= 15 is 0 Å². The van der Waals surface area contributed by atoms with Crippen LogP contribution in [0.15, 0.2) is 18.2 Å². The van der Waals surface area contributed by atoms with Gasteiger partial charge in [-0.25, -0.2) is 0 Å². The van der Waals surface area contributed by atoms with E-state index in [1.807, 2.05) is 0 Å². The Morgan fingerprint density at radius 1 is 1.54 bits per heavy atom. The maximum atomic E-state index is 8.78. The third-order valence-corrected chi connectivity index (χ3v) is 2.41. The van der Waals surface area contributed by atoms with Crippen molar-refractivity contribution in [2.75, 3.05) is 6.61 Å². The number of aliphatic hydroxyl groups excluding tert-OH is 1. The average molecular weight is 178 g/mol. The molecule has 1 unspecified atom stereocenters. The average Bonchev–Trinajstić information content (AvgIpc) is 2.46. The fourth-order valence-corrected chi connectivity index (χ4v) is 1.71. The summed E-state index contributed by atoms with van der Waals surface area (Å²) >= 11 is 0. The molecule has 1 heterocycles. The van der Waals surface area contributed by atoms with Crippen LogP contribution < -0.4 is 4.74 Å². The van der Waals surface area contributed by atoms with Crippen LogP contribution in [0.1, 0.15) is 17.5 Å². The Labute approximate surface area is 78.2 Å². The SMILES string of the molecule is Cc1ccc2c(c1)OC(CCO)C2. The molecule has 0 radical (unpaired) electrons. The maximum Gasteiger partial charge on any atom is 0.123 e. The van der Waals surface area contributed by atoms with E-state index in [0.29, 0.717) is 0 Å². The van der Waals surface area contributed by atoms with E-state index in [-0.39, 0.29) is 12.7 Å². The molecule has 1 aliphatic heterocycles. The molecule has 0 amide bonds. The number of fused-ring (bicyclic) bond motifs is 1. The molecule has 0 aliphatic carbocycles. The molecule has 0 fully saturated rings. The van der Waals surface area contributed by atoms with Gasteiger partial charge in [0.2, 0.25) is 0 Å². The lowest BCUT2D eigenvalue weighted by Gasteiger charge is -2.07. The summed E-state index contributed by atoms with van der Waals surface area (Å²) in [5.41, 5.74) is 2.49. The second-order valence-electron chi connectivity index (χ2n) is 3.57. The Hall–Kier alpha value is -1.02. The Bertz CT molecular complexity index is 307. The highest BCUT2D eigenvalue weighted by atomic mass is 16.5. The minimum absolute atomic E-state index is 0.182. The summed E-state index contributed by atoms with van der Waals surface area (Å²) < 4.78 is 5.67. The zero-order valence-electron chi connectivity index (χ0n) is 7.79. The molecule has 0 aromatic heterocycles. The third-order valence-electron chi connectivity index (χ3n) is 2.41. The molecule has 0 bridgehead atoms. The van der Waals surface area contributed by atoms with Crippen LogP contribution in [0, 0.1) is 6.92 Å². The molecule has 0 saturated carbocycles. The Morgan fingerprint density at radius 3 is 3.15 bits per heavy atom. The van der Waals surface area contributed by atoms with Crippen molar-refractivity contribution in [3.05, 3.63) is 29.3 Å². The first-order valence-electron chi connectivity index (χ1n) is 4.66. The van der Waals surface area contributed by atoms with Crippen molar-refractivity contribution >= 4 is 0 Å². The normalized spacial score (nSPS) is 19.7. The molecule has 2 heteroatoms. The van der Waals surface area contributed by atoms with Gasteiger partial charge in [-0.2, -0.15) is 0 Å². The fraction of sp³-hybridized carbons (Fsp3) is 0.455. The molecule has 0 saturated heterocycles. The predicted molar refractivity (Wildman–Crippen MR) is 51.0 cm³/mol. The van der Waals surface area contributed by atoms with E-state index in [2.05, 4.69) is 25.1 Å². The minimum atomic E-state index is 0.182. The van der Waals surface area contributed by atoms with Crippen molar-refractivity contribution in [3.8, 4) is 5.75 Å². The van der Waals surface area contributed by atoms with Crippen molar-refractivity contribution in [3.63, 3.8) is 0 Å². The molecule has 1 aromatic rings. The van der Waals surface area contributed by atoms with E-state index < -0.39 is 0 Å². The van der Waals surface area contributed by atoms with Crippen LogP contribution >= 0.6 is 0 Å². The summed E-state index contributed by atoms with van der Waals surface area (Å²) in [5, 5.41) is 8.78. The van der Waals surface area contributed by atoms with Gasteiger partial charge in [-0.05, 0) is 24.1 Å². The number of ether oxygens (including phenoxy) is 1. The quantitative estimate of drug-likeness (QED) is 0.746. The zero-order valence-corrected chi connectivity index (χ0v) is 7.79. The van der Waals surface area contributed by atoms with Crippen LogP contribution in [0.2, 0.25) is 0 Å². The summed E-state index contributed by atoms with van der Waals surface area (Å²) in [6, 6.07) is 6.28. The highest BCUT2D eigenvalue weighted by molar-refractivity contribution is 5.40. The van der Waals surface area contributed by atoms with E-state index in [1.165, 1.54) is 11.1 Å². The summed E-state index contributed by atoms with van der Waals surface area (Å²) in [5.74, 6) is 0.999. The first-order valence-corrected chi connectivity index (χ1v) is 4.66. The number of hydrogen-bond donors (Lipinski definition) is 1. The van der Waals surface area contributed by atoms with Crippen LogP contribution in [0.25, 0.3) is 0 Å². The van der Waals surface area contributed by atoms with E-state index in [1.54, 1.807) is 0 Å². The van der Waals surface area contributed by atoms with Crippen LogP contribution in [-0.4, -0.2) is 17.8 Å². The Morgan fingerprint density at radius 2 is 2.38 bits per heavy atom. The third kappa shape index (κ3) is 1.68. The number of aryl methyl sites for hydroxylation is 1. The molecular weight excluding hydrogens is 164 g/mol. The number of benzene rings is 1. The lowest BCUT2D eigenvalue weighted by molar-refractivity contribution is 0.175. The smallest absolute Gasteiger partial charge is 0.123 e.